The number of alkyl carbamates (subject to hydrolysis) is 1. The van der Waals surface area contributed by atoms with Gasteiger partial charge >= 0.3 is 6.09 Å². The number of piperidine rings is 2. The number of hydrogen-bond donors (Lipinski definition) is 2. The number of rotatable bonds is 4. The first-order valence-electron chi connectivity index (χ1n) is 9.28. The van der Waals surface area contributed by atoms with E-state index in [1.54, 1.807) is 0 Å². The number of amides is 1. The molecule has 0 aromatic rings. The summed E-state index contributed by atoms with van der Waals surface area (Å²) in [6.07, 6.45) is 5.84. The van der Waals surface area contributed by atoms with Gasteiger partial charge in [0.15, 0.2) is 0 Å². The fourth-order valence-corrected chi connectivity index (χ4v) is 3.92. The summed E-state index contributed by atoms with van der Waals surface area (Å²) < 4.78 is 5.28. The monoisotopic (exact) mass is 325 g/mol. The number of nitrogens with one attached hydrogen (secondary N) is 2. The number of carbonyl (C=O) groups is 1. The van der Waals surface area contributed by atoms with Gasteiger partial charge in [-0.25, -0.2) is 4.79 Å². The molecule has 23 heavy (non-hydrogen) atoms. The molecule has 0 aromatic carbocycles. The first-order valence-corrected chi connectivity index (χ1v) is 9.28. The molecule has 1 amide bonds. The van der Waals surface area contributed by atoms with E-state index in [0.29, 0.717) is 6.04 Å². The zero-order valence-electron chi connectivity index (χ0n) is 15.4. The zero-order chi connectivity index (χ0) is 16.9. The molecule has 1 unspecified atom stereocenters. The third-order valence-corrected chi connectivity index (χ3v) is 5.03. The summed E-state index contributed by atoms with van der Waals surface area (Å²) in [5.74, 6) is 0.720. The first-order chi connectivity index (χ1) is 10.8. The van der Waals surface area contributed by atoms with Crippen molar-refractivity contribution in [2.24, 2.45) is 5.92 Å². The predicted molar refractivity (Wildman–Crippen MR) is 93.6 cm³/mol. The van der Waals surface area contributed by atoms with Crippen LogP contribution in [0.3, 0.4) is 0 Å². The molecule has 2 saturated heterocycles. The van der Waals surface area contributed by atoms with Gasteiger partial charge in [0.2, 0.25) is 0 Å². The lowest BCUT2D eigenvalue weighted by Gasteiger charge is -2.44. The van der Waals surface area contributed by atoms with Gasteiger partial charge in [0, 0.05) is 18.6 Å². The molecule has 2 fully saturated rings. The van der Waals surface area contributed by atoms with Crippen molar-refractivity contribution in [1.29, 1.82) is 0 Å². The fraction of sp³-hybridized carbons (Fsp3) is 0.944. The average molecular weight is 325 g/mol. The standard InChI is InChI=1S/C18H35N3O2/c1-14-13-15(5-11-20-17(22)23-18(2,3)4)8-12-21(14)16-6-9-19-10-7-16/h14-16,19H,5-13H2,1-4H3,(H,20,22)/t14-,15?/m1/s1. The van der Waals surface area contributed by atoms with Crippen LogP contribution in [0.25, 0.3) is 0 Å². The molecule has 2 aliphatic rings. The summed E-state index contributed by atoms with van der Waals surface area (Å²) in [5.41, 5.74) is -0.418. The van der Waals surface area contributed by atoms with Gasteiger partial charge < -0.3 is 15.4 Å². The highest BCUT2D eigenvalue weighted by molar-refractivity contribution is 5.67. The molecule has 5 heteroatoms. The quantitative estimate of drug-likeness (QED) is 0.834. The van der Waals surface area contributed by atoms with Crippen molar-refractivity contribution in [3.05, 3.63) is 0 Å². The first kappa shape index (κ1) is 18.5. The highest BCUT2D eigenvalue weighted by Crippen LogP contribution is 2.28. The summed E-state index contributed by atoms with van der Waals surface area (Å²) in [6, 6.07) is 1.44. The Labute approximate surface area is 141 Å². The Morgan fingerprint density at radius 1 is 1.26 bits per heavy atom. The van der Waals surface area contributed by atoms with Crippen molar-refractivity contribution in [3.8, 4) is 0 Å². The topological polar surface area (TPSA) is 53.6 Å². The fourth-order valence-electron chi connectivity index (χ4n) is 3.92. The van der Waals surface area contributed by atoms with E-state index in [9.17, 15) is 4.79 Å². The molecule has 0 aliphatic carbocycles. The van der Waals surface area contributed by atoms with Gasteiger partial charge in [-0.15, -0.1) is 0 Å². The maximum Gasteiger partial charge on any atom is 0.407 e. The van der Waals surface area contributed by atoms with E-state index in [-0.39, 0.29) is 6.09 Å². The molecule has 134 valence electrons. The lowest BCUT2D eigenvalue weighted by Crippen LogP contribution is -2.50. The molecule has 5 nitrogen and oxygen atoms in total. The maximum absolute atomic E-state index is 11.7. The van der Waals surface area contributed by atoms with E-state index in [0.717, 1.165) is 38.0 Å². The average Bonchev–Trinajstić information content (AvgIpc) is 2.46. The normalized spacial score (nSPS) is 27.7. The minimum atomic E-state index is -0.418. The second-order valence-corrected chi connectivity index (χ2v) is 8.18. The molecule has 2 aliphatic heterocycles. The largest absolute Gasteiger partial charge is 0.444 e. The number of ether oxygens (including phenoxy) is 1. The highest BCUT2D eigenvalue weighted by Gasteiger charge is 2.30. The minimum Gasteiger partial charge on any atom is -0.444 e. The maximum atomic E-state index is 11.7. The van der Waals surface area contributed by atoms with Gasteiger partial charge in [-0.1, -0.05) is 0 Å². The number of carbonyl (C=O) groups excluding carboxylic acids is 1. The molecule has 2 atom stereocenters. The van der Waals surface area contributed by atoms with E-state index < -0.39 is 5.60 Å². The Hall–Kier alpha value is -0.810. The van der Waals surface area contributed by atoms with Crippen LogP contribution in [0.5, 0.6) is 0 Å². The third kappa shape index (κ3) is 6.30. The second-order valence-electron chi connectivity index (χ2n) is 8.18. The molecule has 2 heterocycles. The van der Waals surface area contributed by atoms with E-state index in [2.05, 4.69) is 22.5 Å². The summed E-state index contributed by atoms with van der Waals surface area (Å²) in [6.45, 7) is 12.3. The molecule has 0 aromatic heterocycles. The van der Waals surface area contributed by atoms with Crippen LogP contribution in [0.15, 0.2) is 0 Å². The van der Waals surface area contributed by atoms with Crippen LogP contribution in [0.1, 0.15) is 59.8 Å². The Bertz CT molecular complexity index is 375. The number of likely N-dealkylation sites (tertiary alicyclic amines) is 1. The summed E-state index contributed by atoms with van der Waals surface area (Å²) in [7, 11) is 0. The Morgan fingerprint density at radius 3 is 2.57 bits per heavy atom. The molecule has 0 bridgehead atoms. The van der Waals surface area contributed by atoms with Crippen LogP contribution in [-0.4, -0.2) is 54.9 Å². The van der Waals surface area contributed by atoms with Crippen molar-refractivity contribution < 1.29 is 9.53 Å². The van der Waals surface area contributed by atoms with E-state index in [1.165, 1.54) is 32.2 Å². The second kappa shape index (κ2) is 8.34. The Balaban J connectivity index is 1.66. The molecular weight excluding hydrogens is 290 g/mol. The van der Waals surface area contributed by atoms with Crippen LogP contribution in [0.4, 0.5) is 4.79 Å². The van der Waals surface area contributed by atoms with Gasteiger partial charge in [0.05, 0.1) is 0 Å². The minimum absolute atomic E-state index is 0.294. The molecule has 0 saturated carbocycles. The van der Waals surface area contributed by atoms with Crippen LogP contribution in [0.2, 0.25) is 0 Å². The van der Waals surface area contributed by atoms with Gasteiger partial charge in [0.25, 0.3) is 0 Å². The number of hydrogen-bond acceptors (Lipinski definition) is 4. The van der Waals surface area contributed by atoms with E-state index in [1.807, 2.05) is 20.8 Å². The van der Waals surface area contributed by atoms with Crippen molar-refractivity contribution in [2.45, 2.75) is 77.5 Å². The van der Waals surface area contributed by atoms with Gasteiger partial charge in [-0.3, -0.25) is 4.90 Å². The lowest BCUT2D eigenvalue weighted by atomic mass is 9.87. The van der Waals surface area contributed by atoms with Gasteiger partial charge in [-0.05, 0) is 85.4 Å². The van der Waals surface area contributed by atoms with Crippen LogP contribution in [0, 0.1) is 5.92 Å². The molecule has 2 rings (SSSR count). The van der Waals surface area contributed by atoms with Crippen molar-refractivity contribution in [1.82, 2.24) is 15.5 Å². The van der Waals surface area contributed by atoms with Crippen LogP contribution < -0.4 is 10.6 Å². The SMILES string of the molecule is C[C@@H]1CC(CCNC(=O)OC(C)(C)C)CCN1C1CCNCC1. The van der Waals surface area contributed by atoms with Crippen molar-refractivity contribution >= 4 is 6.09 Å². The van der Waals surface area contributed by atoms with Crippen LogP contribution in [-0.2, 0) is 4.74 Å². The predicted octanol–water partition coefficient (Wildman–Crippen LogP) is 2.75. The summed E-state index contributed by atoms with van der Waals surface area (Å²) in [4.78, 5) is 14.4. The Kier molecular flexibility index (Phi) is 6.72. The summed E-state index contributed by atoms with van der Waals surface area (Å²) >= 11 is 0. The lowest BCUT2D eigenvalue weighted by molar-refractivity contribution is 0.0496. The van der Waals surface area contributed by atoms with Crippen molar-refractivity contribution in [2.75, 3.05) is 26.2 Å². The molecule has 0 spiro atoms. The number of nitrogens with zero attached hydrogens (tertiary/aromatic N) is 1. The van der Waals surface area contributed by atoms with Crippen LogP contribution >= 0.6 is 0 Å². The van der Waals surface area contributed by atoms with Crippen molar-refractivity contribution in [3.63, 3.8) is 0 Å². The van der Waals surface area contributed by atoms with Gasteiger partial charge in [0.1, 0.15) is 5.60 Å². The third-order valence-electron chi connectivity index (χ3n) is 5.03. The van der Waals surface area contributed by atoms with E-state index in [4.69, 9.17) is 4.74 Å². The van der Waals surface area contributed by atoms with Gasteiger partial charge in [-0.2, -0.15) is 0 Å². The zero-order valence-corrected chi connectivity index (χ0v) is 15.4. The smallest absolute Gasteiger partial charge is 0.407 e. The Morgan fingerprint density at radius 2 is 1.96 bits per heavy atom. The highest BCUT2D eigenvalue weighted by atomic mass is 16.6. The van der Waals surface area contributed by atoms with E-state index >= 15 is 0 Å². The molecule has 0 radical (unpaired) electrons. The molecular formula is C18H35N3O2. The summed E-state index contributed by atoms with van der Waals surface area (Å²) in [5, 5.41) is 6.35. The molecule has 2 N–H and O–H groups in total.